The fourth-order valence-corrected chi connectivity index (χ4v) is 1.92. The number of nitrogens with zero attached hydrogens (tertiary/aromatic N) is 1. The number of pyridine rings is 1. The van der Waals surface area contributed by atoms with Crippen LogP contribution in [0.3, 0.4) is 0 Å². The number of hydrogen-bond acceptors (Lipinski definition) is 3. The molecule has 0 fully saturated rings. The second-order valence-corrected chi connectivity index (χ2v) is 4.83. The van der Waals surface area contributed by atoms with Crippen molar-refractivity contribution in [3.05, 3.63) is 51.3 Å². The fraction of sp³-hybridized carbons (Fsp3) is 0. The lowest BCUT2D eigenvalue weighted by atomic mass is 10.2. The summed E-state index contributed by atoms with van der Waals surface area (Å²) in [6, 6.07) is 6.70. The molecule has 0 aliphatic rings. The Bertz CT molecular complexity index is 652. The van der Waals surface area contributed by atoms with E-state index in [1.165, 1.54) is 30.3 Å². The lowest BCUT2D eigenvalue weighted by Gasteiger charge is -2.10. The van der Waals surface area contributed by atoms with Gasteiger partial charge in [-0.25, -0.2) is 14.2 Å². The number of aromatic carboxylic acids is 1. The molecule has 7 heteroatoms. The molecule has 1 heterocycles. The third-order valence-corrected chi connectivity index (χ3v) is 3.18. The molecule has 0 amide bonds. The van der Waals surface area contributed by atoms with E-state index in [1.807, 2.05) is 0 Å². The summed E-state index contributed by atoms with van der Waals surface area (Å²) in [4.78, 5) is 15.0. The minimum atomic E-state index is -1.15. The molecular weight excluding hydrogens is 338 g/mol. The van der Waals surface area contributed by atoms with Crippen LogP contribution in [-0.4, -0.2) is 16.1 Å². The molecule has 1 aromatic carbocycles. The molecule has 0 saturated heterocycles. The molecule has 4 nitrogen and oxygen atoms in total. The average Bonchev–Trinajstić information content (AvgIpc) is 2.33. The van der Waals surface area contributed by atoms with Crippen molar-refractivity contribution in [1.29, 1.82) is 0 Å². The van der Waals surface area contributed by atoms with Gasteiger partial charge < -0.3 is 10.4 Å². The zero-order chi connectivity index (χ0) is 14.0. The van der Waals surface area contributed by atoms with Crippen molar-refractivity contribution in [2.24, 2.45) is 0 Å². The number of rotatable bonds is 3. The van der Waals surface area contributed by atoms with Crippen LogP contribution >= 0.6 is 27.5 Å². The second-order valence-electron chi connectivity index (χ2n) is 3.58. The first kappa shape index (κ1) is 13.8. The van der Waals surface area contributed by atoms with Crippen LogP contribution in [0.4, 0.5) is 15.9 Å². The Morgan fingerprint density at radius 1 is 1.37 bits per heavy atom. The monoisotopic (exact) mass is 344 g/mol. The molecule has 0 aliphatic carbocycles. The maximum absolute atomic E-state index is 13.2. The van der Waals surface area contributed by atoms with E-state index in [2.05, 4.69) is 26.2 Å². The van der Waals surface area contributed by atoms with Crippen LogP contribution in [0.2, 0.25) is 5.15 Å². The van der Waals surface area contributed by atoms with Crippen LogP contribution in [0.1, 0.15) is 10.4 Å². The third kappa shape index (κ3) is 3.21. The minimum absolute atomic E-state index is 0.0475. The Labute approximate surface area is 121 Å². The maximum Gasteiger partial charge on any atom is 0.339 e. The normalized spacial score (nSPS) is 10.3. The summed E-state index contributed by atoms with van der Waals surface area (Å²) in [7, 11) is 0. The van der Waals surface area contributed by atoms with E-state index >= 15 is 0 Å². The van der Waals surface area contributed by atoms with Crippen LogP contribution in [0.15, 0.2) is 34.8 Å². The number of anilines is 2. The van der Waals surface area contributed by atoms with Gasteiger partial charge in [0.1, 0.15) is 22.4 Å². The van der Waals surface area contributed by atoms with Crippen molar-refractivity contribution >= 4 is 45.0 Å². The lowest BCUT2D eigenvalue weighted by Crippen LogP contribution is -2.05. The van der Waals surface area contributed by atoms with Crippen LogP contribution in [0, 0.1) is 5.82 Å². The van der Waals surface area contributed by atoms with Gasteiger partial charge in [-0.05, 0) is 46.3 Å². The highest BCUT2D eigenvalue weighted by molar-refractivity contribution is 9.10. The highest BCUT2D eigenvalue weighted by Crippen LogP contribution is 2.28. The number of aromatic nitrogens is 1. The van der Waals surface area contributed by atoms with Crippen LogP contribution in [0.25, 0.3) is 0 Å². The van der Waals surface area contributed by atoms with Crippen molar-refractivity contribution in [3.63, 3.8) is 0 Å². The summed E-state index contributed by atoms with van der Waals surface area (Å²) in [5.41, 5.74) is 0.304. The number of carbonyl (C=O) groups is 1. The Hall–Kier alpha value is -1.66. The standard InChI is InChI=1S/C12H7BrClFN2O2/c13-8-3-1-6(15)5-9(8)16-11-7(12(18)19)2-4-10(14)17-11/h1-5H,(H,16,17)(H,18,19). The molecule has 0 spiro atoms. The smallest absolute Gasteiger partial charge is 0.339 e. The lowest BCUT2D eigenvalue weighted by molar-refractivity contribution is 0.0697. The van der Waals surface area contributed by atoms with Gasteiger partial charge in [-0.15, -0.1) is 0 Å². The van der Waals surface area contributed by atoms with E-state index in [1.54, 1.807) is 0 Å². The predicted octanol–water partition coefficient (Wildman–Crippen LogP) is 4.08. The third-order valence-electron chi connectivity index (χ3n) is 2.27. The largest absolute Gasteiger partial charge is 0.478 e. The van der Waals surface area contributed by atoms with Gasteiger partial charge in [0.2, 0.25) is 0 Å². The summed E-state index contributed by atoms with van der Waals surface area (Å²) >= 11 is 8.96. The summed E-state index contributed by atoms with van der Waals surface area (Å²) < 4.78 is 13.7. The highest BCUT2D eigenvalue weighted by Gasteiger charge is 2.13. The molecule has 2 N–H and O–H groups in total. The molecule has 0 atom stereocenters. The minimum Gasteiger partial charge on any atom is -0.478 e. The van der Waals surface area contributed by atoms with Crippen molar-refractivity contribution in [2.75, 3.05) is 5.32 Å². The SMILES string of the molecule is O=C(O)c1ccc(Cl)nc1Nc1cc(F)ccc1Br. The van der Waals surface area contributed by atoms with Gasteiger partial charge in [-0.1, -0.05) is 11.6 Å². The number of benzene rings is 1. The molecule has 0 radical (unpaired) electrons. The molecular formula is C12H7BrClFN2O2. The van der Waals surface area contributed by atoms with Crippen molar-refractivity contribution in [1.82, 2.24) is 4.98 Å². The number of nitrogens with one attached hydrogen (secondary N) is 1. The van der Waals surface area contributed by atoms with E-state index < -0.39 is 11.8 Å². The van der Waals surface area contributed by atoms with E-state index in [4.69, 9.17) is 16.7 Å². The molecule has 0 saturated carbocycles. The zero-order valence-corrected chi connectivity index (χ0v) is 11.7. The van der Waals surface area contributed by atoms with E-state index in [9.17, 15) is 9.18 Å². The van der Waals surface area contributed by atoms with E-state index in [0.29, 0.717) is 10.2 Å². The molecule has 0 unspecified atom stereocenters. The van der Waals surface area contributed by atoms with E-state index in [0.717, 1.165) is 0 Å². The number of halogens is 3. The first-order valence-corrected chi connectivity index (χ1v) is 6.26. The summed E-state index contributed by atoms with van der Waals surface area (Å²) in [5, 5.41) is 11.9. The quantitative estimate of drug-likeness (QED) is 0.823. The van der Waals surface area contributed by atoms with Crippen LogP contribution in [-0.2, 0) is 0 Å². The molecule has 1 aromatic heterocycles. The van der Waals surface area contributed by atoms with Gasteiger partial charge in [-0.2, -0.15) is 0 Å². The van der Waals surface area contributed by atoms with Gasteiger partial charge in [0.05, 0.1) is 5.69 Å². The van der Waals surface area contributed by atoms with Gasteiger partial charge in [0.25, 0.3) is 0 Å². The molecule has 98 valence electrons. The van der Waals surface area contributed by atoms with Crippen molar-refractivity contribution < 1.29 is 14.3 Å². The number of carboxylic acid groups (broad SMARTS) is 1. The van der Waals surface area contributed by atoms with Crippen LogP contribution in [0.5, 0.6) is 0 Å². The Kier molecular flexibility index (Phi) is 4.01. The van der Waals surface area contributed by atoms with E-state index in [-0.39, 0.29) is 16.5 Å². The topological polar surface area (TPSA) is 62.2 Å². The zero-order valence-electron chi connectivity index (χ0n) is 9.32. The van der Waals surface area contributed by atoms with Crippen LogP contribution < -0.4 is 5.32 Å². The number of carboxylic acids is 1. The van der Waals surface area contributed by atoms with Gasteiger partial charge in [0.15, 0.2) is 0 Å². The summed E-state index contributed by atoms with van der Waals surface area (Å²) in [6.45, 7) is 0. The fourth-order valence-electron chi connectivity index (χ4n) is 1.42. The predicted molar refractivity (Wildman–Crippen MR) is 73.6 cm³/mol. The average molecular weight is 346 g/mol. The molecule has 19 heavy (non-hydrogen) atoms. The van der Waals surface area contributed by atoms with Gasteiger partial charge in [0, 0.05) is 4.47 Å². The van der Waals surface area contributed by atoms with Gasteiger partial charge >= 0.3 is 5.97 Å². The summed E-state index contributed by atoms with van der Waals surface area (Å²) in [5.74, 6) is -1.56. The molecule has 2 aromatic rings. The second kappa shape index (κ2) is 5.54. The Morgan fingerprint density at radius 3 is 2.79 bits per heavy atom. The molecule has 0 aliphatic heterocycles. The highest BCUT2D eigenvalue weighted by atomic mass is 79.9. The molecule has 2 rings (SSSR count). The Morgan fingerprint density at radius 2 is 2.11 bits per heavy atom. The van der Waals surface area contributed by atoms with Gasteiger partial charge in [-0.3, -0.25) is 0 Å². The van der Waals surface area contributed by atoms with Crippen molar-refractivity contribution in [3.8, 4) is 0 Å². The van der Waals surface area contributed by atoms with Crippen molar-refractivity contribution in [2.45, 2.75) is 0 Å². The Balaban J connectivity index is 2.45. The molecule has 0 bridgehead atoms. The maximum atomic E-state index is 13.2. The number of hydrogen-bond donors (Lipinski definition) is 2. The summed E-state index contributed by atoms with van der Waals surface area (Å²) in [6.07, 6.45) is 0. The first-order valence-electron chi connectivity index (χ1n) is 5.09. The first-order chi connectivity index (χ1) is 8.97.